The summed E-state index contributed by atoms with van der Waals surface area (Å²) in [6, 6.07) is 2.61. The zero-order valence-corrected chi connectivity index (χ0v) is 12.4. The highest BCUT2D eigenvalue weighted by Crippen LogP contribution is 2.26. The Labute approximate surface area is 121 Å². The molecule has 2 N–H and O–H groups in total. The Morgan fingerprint density at radius 2 is 2.21 bits per heavy atom. The second-order valence-electron chi connectivity index (χ2n) is 3.42. The Hall–Kier alpha value is -1.45. The first-order chi connectivity index (χ1) is 8.90. The molecule has 0 saturated carbocycles. The molecular weight excluding hydrogens is 356 g/mol. The summed E-state index contributed by atoms with van der Waals surface area (Å²) in [5.41, 5.74) is 0.277. The van der Waals surface area contributed by atoms with E-state index in [9.17, 15) is 13.2 Å². The summed E-state index contributed by atoms with van der Waals surface area (Å²) < 4.78 is 26.9. The Balaban J connectivity index is 2.32. The molecule has 0 bridgehead atoms. The molecule has 2 aromatic heterocycles. The van der Waals surface area contributed by atoms with Crippen molar-refractivity contribution < 1.29 is 18.3 Å². The van der Waals surface area contributed by atoms with Gasteiger partial charge in [0, 0.05) is 17.8 Å². The van der Waals surface area contributed by atoms with Crippen molar-refractivity contribution in [3.05, 3.63) is 39.9 Å². The average Bonchev–Trinajstić information content (AvgIpc) is 2.82. The minimum atomic E-state index is -3.80. The number of hydrogen-bond acceptors (Lipinski definition) is 5. The topological polar surface area (TPSA) is 96.4 Å². The number of aromatic nitrogens is 1. The third-order valence-corrected chi connectivity index (χ3v) is 5.54. The van der Waals surface area contributed by atoms with Crippen molar-refractivity contribution in [3.63, 3.8) is 0 Å². The van der Waals surface area contributed by atoms with Crippen LogP contribution >= 0.6 is 27.3 Å². The molecular formula is C10H7BrN2O4S2. The monoisotopic (exact) mass is 362 g/mol. The number of nitrogens with one attached hydrogen (secondary N) is 1. The molecule has 6 nitrogen and oxygen atoms in total. The van der Waals surface area contributed by atoms with Crippen LogP contribution in [0, 0.1) is 0 Å². The Kier molecular flexibility index (Phi) is 3.88. The lowest BCUT2D eigenvalue weighted by Gasteiger charge is -2.07. The van der Waals surface area contributed by atoms with Crippen LogP contribution < -0.4 is 4.72 Å². The molecule has 0 atom stereocenters. The van der Waals surface area contributed by atoms with Crippen molar-refractivity contribution in [2.45, 2.75) is 4.21 Å². The maximum Gasteiger partial charge on any atom is 0.336 e. The molecule has 2 rings (SSSR count). The summed E-state index contributed by atoms with van der Waals surface area (Å²) in [5.74, 6) is -1.16. The molecule has 2 aromatic rings. The third-order valence-electron chi connectivity index (χ3n) is 2.10. The van der Waals surface area contributed by atoms with Crippen LogP contribution in [0.1, 0.15) is 10.4 Å². The number of hydrogen-bond donors (Lipinski definition) is 2. The molecule has 100 valence electrons. The number of aromatic carboxylic acids is 1. The lowest BCUT2D eigenvalue weighted by atomic mass is 10.4. The second-order valence-corrected chi connectivity index (χ2v) is 7.10. The van der Waals surface area contributed by atoms with Gasteiger partial charge in [-0.2, -0.15) is 0 Å². The maximum absolute atomic E-state index is 12.1. The van der Waals surface area contributed by atoms with Crippen molar-refractivity contribution in [3.8, 4) is 0 Å². The summed E-state index contributed by atoms with van der Waals surface area (Å²) in [7, 11) is -3.80. The number of carboxylic acids is 1. The molecule has 2 heterocycles. The number of halogens is 1. The quantitative estimate of drug-likeness (QED) is 0.870. The Morgan fingerprint density at radius 1 is 1.47 bits per heavy atom. The van der Waals surface area contributed by atoms with Crippen molar-refractivity contribution in [2.24, 2.45) is 0 Å². The minimum Gasteiger partial charge on any atom is -0.478 e. The van der Waals surface area contributed by atoms with Crippen molar-refractivity contribution in [2.75, 3.05) is 4.72 Å². The van der Waals surface area contributed by atoms with Crippen LogP contribution in [-0.2, 0) is 10.0 Å². The van der Waals surface area contributed by atoms with E-state index in [-0.39, 0.29) is 9.77 Å². The fourth-order valence-corrected chi connectivity index (χ4v) is 3.94. The molecule has 9 heteroatoms. The number of thiophene rings is 1. The fourth-order valence-electron chi connectivity index (χ4n) is 1.22. The van der Waals surface area contributed by atoms with Gasteiger partial charge in [-0.15, -0.1) is 11.3 Å². The molecule has 19 heavy (non-hydrogen) atoms. The van der Waals surface area contributed by atoms with Crippen molar-refractivity contribution in [1.29, 1.82) is 0 Å². The largest absolute Gasteiger partial charge is 0.478 e. The molecule has 0 aliphatic heterocycles. The molecule has 0 unspecified atom stereocenters. The van der Waals surface area contributed by atoms with Crippen LogP contribution in [0.4, 0.5) is 5.69 Å². The van der Waals surface area contributed by atoms with E-state index < -0.39 is 16.0 Å². The molecule has 0 amide bonds. The number of sulfonamides is 1. The van der Waals surface area contributed by atoms with Crippen LogP contribution in [0.3, 0.4) is 0 Å². The van der Waals surface area contributed by atoms with Gasteiger partial charge in [0.1, 0.15) is 4.21 Å². The van der Waals surface area contributed by atoms with Gasteiger partial charge in [0.05, 0.1) is 15.7 Å². The van der Waals surface area contributed by atoms with Gasteiger partial charge in [0.15, 0.2) is 0 Å². The summed E-state index contributed by atoms with van der Waals surface area (Å²) in [5, 5.41) is 10.0. The SMILES string of the molecule is O=C(O)c1csc(S(=O)(=O)Nc2ccncc2Br)c1. The standard InChI is InChI=1S/C10H7BrN2O4S2/c11-7-4-12-2-1-8(7)13-19(16,17)9-3-6(5-18-9)10(14)15/h1-5H,(H,12,13)(H,14,15). The van der Waals surface area contributed by atoms with E-state index in [2.05, 4.69) is 25.6 Å². The van der Waals surface area contributed by atoms with Crippen LogP contribution in [0.25, 0.3) is 0 Å². The highest BCUT2D eigenvalue weighted by molar-refractivity contribution is 9.10. The van der Waals surface area contributed by atoms with Crippen LogP contribution in [0.15, 0.2) is 38.6 Å². The number of pyridine rings is 1. The summed E-state index contributed by atoms with van der Waals surface area (Å²) in [4.78, 5) is 14.5. The second kappa shape index (κ2) is 5.27. The molecule has 0 aliphatic rings. The van der Waals surface area contributed by atoms with Gasteiger partial charge in [0.2, 0.25) is 0 Å². The van der Waals surface area contributed by atoms with Crippen LogP contribution in [-0.4, -0.2) is 24.5 Å². The average molecular weight is 363 g/mol. The van der Waals surface area contributed by atoms with E-state index in [0.29, 0.717) is 10.2 Å². The van der Waals surface area contributed by atoms with E-state index in [1.165, 1.54) is 23.8 Å². The normalized spacial score (nSPS) is 11.2. The molecule has 0 spiro atoms. The number of carbonyl (C=O) groups is 1. The predicted octanol–water partition coefficient (Wildman–Crippen LogP) is 2.40. The molecule has 0 fully saturated rings. The van der Waals surface area contributed by atoms with E-state index in [1.807, 2.05) is 0 Å². The predicted molar refractivity (Wildman–Crippen MR) is 74.0 cm³/mol. The maximum atomic E-state index is 12.1. The van der Waals surface area contributed by atoms with Gasteiger partial charge >= 0.3 is 5.97 Å². The summed E-state index contributed by atoms with van der Waals surface area (Å²) in [6.45, 7) is 0. The van der Waals surface area contributed by atoms with E-state index >= 15 is 0 Å². The molecule has 0 aromatic carbocycles. The minimum absolute atomic E-state index is 0.0563. The number of nitrogens with zero attached hydrogens (tertiary/aromatic N) is 1. The van der Waals surface area contributed by atoms with Gasteiger partial charge in [-0.25, -0.2) is 13.2 Å². The Morgan fingerprint density at radius 3 is 2.79 bits per heavy atom. The summed E-state index contributed by atoms with van der Waals surface area (Å²) in [6.07, 6.45) is 2.90. The lowest BCUT2D eigenvalue weighted by Crippen LogP contribution is -2.12. The van der Waals surface area contributed by atoms with Crippen LogP contribution in [0.2, 0.25) is 0 Å². The first-order valence-electron chi connectivity index (χ1n) is 4.84. The zero-order valence-electron chi connectivity index (χ0n) is 9.20. The Bertz CT molecular complexity index is 727. The number of rotatable bonds is 4. The fraction of sp³-hybridized carbons (Fsp3) is 0. The molecule has 0 saturated heterocycles. The van der Waals surface area contributed by atoms with Gasteiger partial charge in [-0.3, -0.25) is 9.71 Å². The lowest BCUT2D eigenvalue weighted by molar-refractivity contribution is 0.0697. The van der Waals surface area contributed by atoms with Gasteiger partial charge in [-0.1, -0.05) is 0 Å². The van der Waals surface area contributed by atoms with Gasteiger partial charge in [-0.05, 0) is 28.1 Å². The van der Waals surface area contributed by atoms with Gasteiger partial charge < -0.3 is 5.11 Å². The number of anilines is 1. The first-order valence-corrected chi connectivity index (χ1v) is 8.00. The smallest absolute Gasteiger partial charge is 0.336 e. The zero-order chi connectivity index (χ0) is 14.0. The van der Waals surface area contributed by atoms with E-state index in [4.69, 9.17) is 5.11 Å². The van der Waals surface area contributed by atoms with E-state index in [1.54, 1.807) is 0 Å². The molecule has 0 aliphatic carbocycles. The highest BCUT2D eigenvalue weighted by Gasteiger charge is 2.19. The van der Waals surface area contributed by atoms with E-state index in [0.717, 1.165) is 17.4 Å². The van der Waals surface area contributed by atoms with Crippen LogP contribution in [0.5, 0.6) is 0 Å². The van der Waals surface area contributed by atoms with Gasteiger partial charge in [0.25, 0.3) is 10.0 Å². The molecule has 0 radical (unpaired) electrons. The first kappa shape index (κ1) is 14.0. The number of carboxylic acid groups (broad SMARTS) is 1. The third kappa shape index (κ3) is 3.11. The summed E-state index contributed by atoms with van der Waals surface area (Å²) >= 11 is 4.02. The van der Waals surface area contributed by atoms with Crippen molar-refractivity contribution in [1.82, 2.24) is 4.98 Å². The van der Waals surface area contributed by atoms with Crippen molar-refractivity contribution >= 4 is 48.9 Å². The highest BCUT2D eigenvalue weighted by atomic mass is 79.9.